The van der Waals surface area contributed by atoms with Gasteiger partial charge < -0.3 is 20.3 Å². The Bertz CT molecular complexity index is 1380. The molecule has 6 rings (SSSR count). The third-order valence-electron chi connectivity index (χ3n) is 7.23. The van der Waals surface area contributed by atoms with Crippen LogP contribution in [0.4, 0.5) is 17.5 Å². The first-order valence-electron chi connectivity index (χ1n) is 12.3. The first-order chi connectivity index (χ1) is 17.1. The van der Waals surface area contributed by atoms with Crippen molar-refractivity contribution in [1.82, 2.24) is 19.7 Å². The molecule has 1 unspecified atom stereocenters. The number of para-hydroxylation sites is 1. The lowest BCUT2D eigenvalue weighted by molar-refractivity contribution is 0.414. The Balaban J connectivity index is 1.23. The molecular weight excluding hydrogens is 438 g/mol. The van der Waals surface area contributed by atoms with Crippen molar-refractivity contribution in [3.8, 4) is 5.75 Å². The largest absolute Gasteiger partial charge is 0.497 e. The van der Waals surface area contributed by atoms with E-state index in [1.807, 2.05) is 23.9 Å². The highest BCUT2D eigenvalue weighted by Gasteiger charge is 2.27. The van der Waals surface area contributed by atoms with Gasteiger partial charge in [-0.05, 0) is 42.2 Å². The fraction of sp³-hybridized carbons (Fsp3) is 0.370. The molecule has 2 aromatic heterocycles. The zero-order valence-electron chi connectivity index (χ0n) is 20.5. The van der Waals surface area contributed by atoms with Crippen LogP contribution in [-0.2, 0) is 20.0 Å². The number of aromatic nitrogens is 4. The highest BCUT2D eigenvalue weighted by Crippen LogP contribution is 2.36. The Hall–Kier alpha value is -3.81. The van der Waals surface area contributed by atoms with Crippen LogP contribution in [-0.4, -0.2) is 46.5 Å². The van der Waals surface area contributed by atoms with Gasteiger partial charge in [-0.15, -0.1) is 0 Å². The van der Waals surface area contributed by atoms with Gasteiger partial charge in [0, 0.05) is 51.3 Å². The van der Waals surface area contributed by atoms with Crippen molar-refractivity contribution < 1.29 is 4.74 Å². The lowest BCUT2D eigenvalue weighted by Gasteiger charge is -2.28. The maximum absolute atomic E-state index is 5.31. The summed E-state index contributed by atoms with van der Waals surface area (Å²) in [5.41, 5.74) is 7.22. The third kappa shape index (κ3) is 3.92. The van der Waals surface area contributed by atoms with E-state index in [0.717, 1.165) is 67.3 Å². The van der Waals surface area contributed by atoms with Crippen molar-refractivity contribution in [2.75, 3.05) is 42.3 Å². The molecule has 0 fully saturated rings. The summed E-state index contributed by atoms with van der Waals surface area (Å²) >= 11 is 0. The number of benzene rings is 2. The first-order valence-corrected chi connectivity index (χ1v) is 12.3. The summed E-state index contributed by atoms with van der Waals surface area (Å²) in [6.45, 7) is 5.63. The van der Waals surface area contributed by atoms with Crippen molar-refractivity contribution in [3.05, 3.63) is 64.8 Å². The number of hydrogen-bond donors (Lipinski definition) is 2. The lowest BCUT2D eigenvalue weighted by atomic mass is 9.96. The summed E-state index contributed by atoms with van der Waals surface area (Å²) in [6, 6.07) is 14.8. The van der Waals surface area contributed by atoms with Gasteiger partial charge in [-0.2, -0.15) is 15.1 Å². The van der Waals surface area contributed by atoms with Crippen LogP contribution in [0.15, 0.2) is 42.5 Å². The molecular formula is C27H31N7O. The van der Waals surface area contributed by atoms with E-state index in [0.29, 0.717) is 11.9 Å². The number of aryl methyl sites for hydroxylation is 2. The Morgan fingerprint density at radius 3 is 2.83 bits per heavy atom. The number of rotatable bonds is 7. The fourth-order valence-electron chi connectivity index (χ4n) is 5.37. The van der Waals surface area contributed by atoms with Crippen LogP contribution in [0, 0.1) is 6.92 Å². The van der Waals surface area contributed by atoms with E-state index in [4.69, 9.17) is 19.8 Å². The highest BCUT2D eigenvalue weighted by atomic mass is 16.5. The van der Waals surface area contributed by atoms with Crippen LogP contribution in [0.1, 0.15) is 34.7 Å². The normalized spacial score (nSPS) is 16.3. The number of nitrogens with zero attached hydrogens (tertiary/aromatic N) is 5. The number of nitrogens with one attached hydrogen (secondary N) is 2. The quantitative estimate of drug-likeness (QED) is 0.419. The summed E-state index contributed by atoms with van der Waals surface area (Å²) in [7, 11) is 3.66. The summed E-state index contributed by atoms with van der Waals surface area (Å²) in [6.07, 6.45) is 1.91. The van der Waals surface area contributed by atoms with Gasteiger partial charge in [0.25, 0.3) is 0 Å². The average Bonchev–Trinajstić information content (AvgIpc) is 3.44. The molecule has 0 saturated carbocycles. The van der Waals surface area contributed by atoms with E-state index in [2.05, 4.69) is 52.8 Å². The second-order valence-electron chi connectivity index (χ2n) is 9.49. The van der Waals surface area contributed by atoms with Gasteiger partial charge in [-0.3, -0.25) is 0 Å². The van der Waals surface area contributed by atoms with Gasteiger partial charge in [0.05, 0.1) is 18.2 Å². The Morgan fingerprint density at radius 1 is 1.14 bits per heavy atom. The number of hydrogen-bond acceptors (Lipinski definition) is 7. The highest BCUT2D eigenvalue weighted by molar-refractivity contribution is 5.92. The van der Waals surface area contributed by atoms with E-state index in [1.54, 1.807) is 7.11 Å². The van der Waals surface area contributed by atoms with Gasteiger partial charge in [-0.1, -0.05) is 30.3 Å². The lowest BCUT2D eigenvalue weighted by Crippen LogP contribution is -2.29. The van der Waals surface area contributed by atoms with Crippen molar-refractivity contribution in [3.63, 3.8) is 0 Å². The molecule has 2 aliphatic rings. The van der Waals surface area contributed by atoms with Crippen LogP contribution in [0.25, 0.3) is 11.0 Å². The average molecular weight is 470 g/mol. The second kappa shape index (κ2) is 8.76. The smallest absolute Gasteiger partial charge is 0.226 e. The second-order valence-corrected chi connectivity index (χ2v) is 9.49. The van der Waals surface area contributed by atoms with E-state index >= 15 is 0 Å². The molecule has 0 saturated heterocycles. The van der Waals surface area contributed by atoms with Gasteiger partial charge in [0.15, 0.2) is 5.65 Å². The molecule has 1 atom stereocenters. The SMILES string of the molecule is COc1ccc(CN2CCc3nn(C)c4nc(NCCC5CNc6c(C)cccc65)nc2c34)cc1. The minimum absolute atomic E-state index is 0.495. The topological polar surface area (TPSA) is 80.1 Å². The molecule has 0 amide bonds. The predicted molar refractivity (Wildman–Crippen MR) is 140 cm³/mol. The molecule has 8 heteroatoms. The van der Waals surface area contributed by atoms with Crippen LogP contribution in [0.3, 0.4) is 0 Å². The standard InChI is InChI=1S/C27H31N7O/c1-17-5-4-6-21-19(15-29-24(17)21)11-13-28-27-30-25-23-22(32-33(25)2)12-14-34(26(23)31-27)16-18-7-9-20(35-3)10-8-18/h4-10,19,29H,11-16H2,1-3H3,(H,28,30,31). The maximum Gasteiger partial charge on any atom is 0.226 e. The predicted octanol–water partition coefficient (Wildman–Crippen LogP) is 4.25. The van der Waals surface area contributed by atoms with Crippen LogP contribution >= 0.6 is 0 Å². The van der Waals surface area contributed by atoms with E-state index in [9.17, 15) is 0 Å². The van der Waals surface area contributed by atoms with Gasteiger partial charge in [0.2, 0.25) is 5.95 Å². The number of fused-ring (bicyclic) bond motifs is 1. The minimum atomic E-state index is 0.495. The monoisotopic (exact) mass is 469 g/mol. The van der Waals surface area contributed by atoms with Crippen LogP contribution in [0.5, 0.6) is 5.75 Å². The van der Waals surface area contributed by atoms with Crippen molar-refractivity contribution in [2.24, 2.45) is 7.05 Å². The molecule has 35 heavy (non-hydrogen) atoms. The number of ether oxygens (including phenoxy) is 1. The zero-order chi connectivity index (χ0) is 23.9. The Morgan fingerprint density at radius 2 is 2.00 bits per heavy atom. The molecule has 2 aromatic carbocycles. The van der Waals surface area contributed by atoms with Crippen LogP contribution in [0.2, 0.25) is 0 Å². The molecule has 0 spiro atoms. The van der Waals surface area contributed by atoms with E-state index in [-0.39, 0.29) is 0 Å². The van der Waals surface area contributed by atoms with Crippen molar-refractivity contribution in [2.45, 2.75) is 32.2 Å². The van der Waals surface area contributed by atoms with Crippen molar-refractivity contribution in [1.29, 1.82) is 0 Å². The van der Waals surface area contributed by atoms with Crippen LogP contribution < -0.4 is 20.3 Å². The number of anilines is 3. The van der Waals surface area contributed by atoms with Gasteiger partial charge in [-0.25, -0.2) is 4.68 Å². The summed E-state index contributed by atoms with van der Waals surface area (Å²) in [4.78, 5) is 12.2. The molecule has 180 valence electrons. The molecule has 0 aliphatic carbocycles. The molecule has 0 radical (unpaired) electrons. The maximum atomic E-state index is 5.31. The minimum Gasteiger partial charge on any atom is -0.497 e. The molecule has 2 N–H and O–H groups in total. The number of methoxy groups -OCH3 is 1. The fourth-order valence-corrected chi connectivity index (χ4v) is 5.37. The van der Waals surface area contributed by atoms with Gasteiger partial charge >= 0.3 is 0 Å². The molecule has 2 aliphatic heterocycles. The molecule has 4 heterocycles. The Kier molecular flexibility index (Phi) is 5.43. The van der Waals surface area contributed by atoms with Gasteiger partial charge in [0.1, 0.15) is 11.6 Å². The Labute approximate surface area is 205 Å². The molecule has 0 bridgehead atoms. The summed E-state index contributed by atoms with van der Waals surface area (Å²) in [5.74, 6) is 2.99. The summed E-state index contributed by atoms with van der Waals surface area (Å²) in [5, 5.41) is 12.9. The van der Waals surface area contributed by atoms with Crippen molar-refractivity contribution >= 4 is 28.5 Å². The van der Waals surface area contributed by atoms with E-state index < -0.39 is 0 Å². The third-order valence-corrected chi connectivity index (χ3v) is 7.23. The first kappa shape index (κ1) is 21.7. The summed E-state index contributed by atoms with van der Waals surface area (Å²) < 4.78 is 7.20. The molecule has 4 aromatic rings. The van der Waals surface area contributed by atoms with E-state index in [1.165, 1.54) is 22.4 Å². The zero-order valence-corrected chi connectivity index (χ0v) is 20.5. The molecule has 8 nitrogen and oxygen atoms in total.